The average Bonchev–Trinajstić information content (AvgIpc) is 2.97. The largest absolute Gasteiger partial charge is 0.279 e. The summed E-state index contributed by atoms with van der Waals surface area (Å²) in [6.45, 7) is 1.85. The Bertz CT molecular complexity index is 1010. The van der Waals surface area contributed by atoms with E-state index in [9.17, 15) is 4.79 Å². The van der Waals surface area contributed by atoms with E-state index in [1.807, 2.05) is 47.9 Å². The predicted octanol–water partition coefficient (Wildman–Crippen LogP) is 2.41. The van der Waals surface area contributed by atoms with Gasteiger partial charge in [0.05, 0.1) is 11.4 Å². The summed E-state index contributed by atoms with van der Waals surface area (Å²) in [5.74, 6) is 7.06. The Hall–Kier alpha value is -3.03. The van der Waals surface area contributed by atoms with Gasteiger partial charge in [0, 0.05) is 16.1 Å². The first-order valence-electron chi connectivity index (χ1n) is 7.94. The number of hydrogen-bond donors (Lipinski definition) is 1. The van der Waals surface area contributed by atoms with E-state index in [4.69, 9.17) is 22.4 Å². The van der Waals surface area contributed by atoms with Gasteiger partial charge in [-0.25, -0.2) is 10.8 Å². The minimum atomic E-state index is -0.799. The Balaban J connectivity index is 2.03. The molecule has 1 amide bonds. The first kappa shape index (κ1) is 16.4. The smallest absolute Gasteiger partial charge is 0.226 e. The lowest BCUT2D eigenvalue weighted by atomic mass is 10.0. The molecular weight excluding hydrogens is 352 g/mol. The van der Waals surface area contributed by atoms with Crippen LogP contribution in [-0.4, -0.2) is 31.9 Å². The molecule has 3 aromatic rings. The second-order valence-corrected chi connectivity index (χ2v) is 6.31. The normalized spacial score (nSPS) is 15.5. The number of para-hydroxylation sites is 1. The van der Waals surface area contributed by atoms with Crippen LogP contribution in [0.4, 0.5) is 0 Å². The summed E-state index contributed by atoms with van der Waals surface area (Å²) in [5, 5.41) is 9.98. The Kier molecular flexibility index (Phi) is 4.02. The van der Waals surface area contributed by atoms with Crippen LogP contribution < -0.4 is 5.84 Å². The van der Waals surface area contributed by atoms with Gasteiger partial charge in [0.15, 0.2) is 12.0 Å². The van der Waals surface area contributed by atoms with Crippen LogP contribution in [0.25, 0.3) is 5.69 Å². The van der Waals surface area contributed by atoms with Crippen LogP contribution in [-0.2, 0) is 4.79 Å². The van der Waals surface area contributed by atoms with E-state index in [-0.39, 0.29) is 0 Å². The lowest BCUT2D eigenvalue weighted by Gasteiger charge is -2.19. The van der Waals surface area contributed by atoms with Crippen LogP contribution in [0, 0.1) is 6.92 Å². The molecule has 26 heavy (non-hydrogen) atoms. The number of carbonyl (C=O) groups excluding carboxylic acids is 1. The molecule has 1 unspecified atom stereocenters. The number of benzene rings is 2. The number of amides is 1. The highest BCUT2D eigenvalue weighted by atomic mass is 35.5. The fraction of sp³-hybridized carbons (Fsp3) is 0.111. The van der Waals surface area contributed by atoms with Crippen molar-refractivity contribution in [3.63, 3.8) is 0 Å². The van der Waals surface area contributed by atoms with E-state index in [1.165, 1.54) is 0 Å². The van der Waals surface area contributed by atoms with Crippen molar-refractivity contribution < 1.29 is 4.79 Å². The minimum absolute atomic E-state index is 0.480. The summed E-state index contributed by atoms with van der Waals surface area (Å²) in [6.07, 6.45) is -0.273. The maximum absolute atomic E-state index is 11.4. The first-order valence-corrected chi connectivity index (χ1v) is 8.31. The third-order valence-corrected chi connectivity index (χ3v) is 4.51. The number of halogens is 1. The number of rotatable bonds is 3. The topological polar surface area (TPSA) is 89.4 Å². The lowest BCUT2D eigenvalue weighted by Crippen LogP contribution is -2.34. The Morgan fingerprint density at radius 3 is 2.62 bits per heavy atom. The highest BCUT2D eigenvalue weighted by Crippen LogP contribution is 2.31. The maximum Gasteiger partial charge on any atom is 0.226 e. The van der Waals surface area contributed by atoms with E-state index >= 15 is 0 Å². The minimum Gasteiger partial charge on any atom is -0.279 e. The van der Waals surface area contributed by atoms with Crippen LogP contribution in [0.15, 0.2) is 53.5 Å². The zero-order chi connectivity index (χ0) is 18.3. The van der Waals surface area contributed by atoms with Crippen molar-refractivity contribution in [2.24, 2.45) is 10.8 Å². The van der Waals surface area contributed by atoms with Gasteiger partial charge in [-0.2, -0.15) is 0 Å². The summed E-state index contributed by atoms with van der Waals surface area (Å²) in [4.78, 5) is 16.1. The van der Waals surface area contributed by atoms with Crippen LogP contribution in [0.2, 0.25) is 5.02 Å². The SMILES string of the molecule is Cc1nnc2n1-c1ccccc1C(c1ccc(Cl)cc1)=NC2N(N)C=O. The molecule has 0 bridgehead atoms. The molecule has 0 saturated heterocycles. The van der Waals surface area contributed by atoms with E-state index in [1.54, 1.807) is 12.1 Å². The summed E-state index contributed by atoms with van der Waals surface area (Å²) >= 11 is 6.02. The molecule has 1 atom stereocenters. The van der Waals surface area contributed by atoms with Crippen LogP contribution in [0.3, 0.4) is 0 Å². The molecule has 0 aliphatic carbocycles. The first-order chi connectivity index (χ1) is 12.6. The van der Waals surface area contributed by atoms with Crippen LogP contribution >= 0.6 is 11.6 Å². The number of fused-ring (bicyclic) bond motifs is 3. The molecule has 8 heteroatoms. The number of carbonyl (C=O) groups is 1. The third kappa shape index (κ3) is 2.58. The van der Waals surface area contributed by atoms with Gasteiger partial charge in [-0.05, 0) is 25.1 Å². The summed E-state index contributed by atoms with van der Waals surface area (Å²) in [6, 6.07) is 15.2. The highest BCUT2D eigenvalue weighted by Gasteiger charge is 2.30. The molecule has 4 rings (SSSR count). The van der Waals surface area contributed by atoms with Gasteiger partial charge in [-0.1, -0.05) is 41.9 Å². The number of aryl methyl sites for hydroxylation is 1. The Morgan fingerprint density at radius 2 is 1.88 bits per heavy atom. The standard InChI is InChI=1S/C18H15ClN6O/c1-11-22-23-18-17(24(20)10-26)21-16(12-6-8-13(19)9-7-12)14-4-2-3-5-15(14)25(11)18/h2-10,17H,20H2,1H3. The van der Waals surface area contributed by atoms with Crippen molar-refractivity contribution in [2.45, 2.75) is 13.1 Å². The van der Waals surface area contributed by atoms with Crippen molar-refractivity contribution in [3.05, 3.63) is 76.3 Å². The van der Waals surface area contributed by atoms with Crippen LogP contribution in [0.1, 0.15) is 28.9 Å². The molecule has 2 aromatic carbocycles. The molecule has 0 spiro atoms. The second kappa shape index (κ2) is 6.36. The summed E-state index contributed by atoms with van der Waals surface area (Å²) in [5.41, 5.74) is 3.33. The molecule has 2 N–H and O–H groups in total. The number of aromatic nitrogens is 3. The van der Waals surface area contributed by atoms with Gasteiger partial charge in [0.25, 0.3) is 0 Å². The quantitative estimate of drug-likeness (QED) is 0.333. The maximum atomic E-state index is 11.4. The highest BCUT2D eigenvalue weighted by molar-refractivity contribution is 6.30. The van der Waals surface area contributed by atoms with E-state index in [0.717, 1.165) is 21.8 Å². The zero-order valence-corrected chi connectivity index (χ0v) is 14.6. The fourth-order valence-corrected chi connectivity index (χ4v) is 3.18. The summed E-state index contributed by atoms with van der Waals surface area (Å²) in [7, 11) is 0. The fourth-order valence-electron chi connectivity index (χ4n) is 3.06. The molecule has 1 aliphatic heterocycles. The molecule has 1 aliphatic rings. The predicted molar refractivity (Wildman–Crippen MR) is 98.0 cm³/mol. The number of aliphatic imine (C=N–C) groups is 1. The molecule has 0 radical (unpaired) electrons. The van der Waals surface area contributed by atoms with E-state index < -0.39 is 6.17 Å². The monoisotopic (exact) mass is 366 g/mol. The van der Waals surface area contributed by atoms with Crippen molar-refractivity contribution in [2.75, 3.05) is 0 Å². The zero-order valence-electron chi connectivity index (χ0n) is 13.9. The number of hydrogen-bond acceptors (Lipinski definition) is 5. The van der Waals surface area contributed by atoms with Gasteiger partial charge in [0.2, 0.25) is 6.41 Å². The Morgan fingerprint density at radius 1 is 1.15 bits per heavy atom. The van der Waals surface area contributed by atoms with Gasteiger partial charge in [0.1, 0.15) is 5.82 Å². The van der Waals surface area contributed by atoms with Crippen molar-refractivity contribution in [3.8, 4) is 5.69 Å². The second-order valence-electron chi connectivity index (χ2n) is 5.87. The molecule has 7 nitrogen and oxygen atoms in total. The van der Waals surface area contributed by atoms with Crippen molar-refractivity contribution in [1.82, 2.24) is 19.8 Å². The lowest BCUT2D eigenvalue weighted by molar-refractivity contribution is -0.120. The van der Waals surface area contributed by atoms with E-state index in [2.05, 4.69) is 10.2 Å². The van der Waals surface area contributed by atoms with E-state index in [0.29, 0.717) is 28.8 Å². The van der Waals surface area contributed by atoms with Crippen LogP contribution in [0.5, 0.6) is 0 Å². The van der Waals surface area contributed by atoms with Crippen molar-refractivity contribution in [1.29, 1.82) is 0 Å². The molecule has 0 saturated carbocycles. The number of hydrazine groups is 1. The Labute approximate surface area is 154 Å². The third-order valence-electron chi connectivity index (χ3n) is 4.25. The molecule has 1 aromatic heterocycles. The van der Waals surface area contributed by atoms with Gasteiger partial charge >= 0.3 is 0 Å². The van der Waals surface area contributed by atoms with Gasteiger partial charge < -0.3 is 0 Å². The molecule has 130 valence electrons. The molecule has 2 heterocycles. The average molecular weight is 367 g/mol. The number of nitrogens with two attached hydrogens (primary N) is 1. The molecular formula is C18H15ClN6O. The number of nitrogens with zero attached hydrogens (tertiary/aromatic N) is 5. The van der Waals surface area contributed by atoms with Gasteiger partial charge in [-0.3, -0.25) is 14.4 Å². The summed E-state index contributed by atoms with van der Waals surface area (Å²) < 4.78 is 1.87. The molecule has 0 fully saturated rings. The van der Waals surface area contributed by atoms with Gasteiger partial charge in [-0.15, -0.1) is 10.2 Å². The van der Waals surface area contributed by atoms with Crippen molar-refractivity contribution >= 4 is 23.7 Å².